The Bertz CT molecular complexity index is 581. The maximum absolute atomic E-state index is 12.0. The maximum atomic E-state index is 12.0. The Hall–Kier alpha value is -2.15. The summed E-state index contributed by atoms with van der Waals surface area (Å²) < 4.78 is 9.00. The standard InChI is InChI=1S/C14H19N5O2/c1-21-12-8-11-9-13(17-19(11)10-12)14(20)15-4-2-6-18-7-3-5-16-18/h3,5,7,9,12H,2,4,6,8,10H2,1H3,(H,15,20)/t12-/m0/s1. The van der Waals surface area contributed by atoms with Crippen LogP contribution in [0.4, 0.5) is 0 Å². The number of methoxy groups -OCH3 is 1. The Balaban J connectivity index is 1.46. The minimum absolute atomic E-state index is 0.119. The van der Waals surface area contributed by atoms with Crippen LogP contribution in [0.15, 0.2) is 24.5 Å². The first-order valence-corrected chi connectivity index (χ1v) is 7.11. The first kappa shape index (κ1) is 13.8. The van der Waals surface area contributed by atoms with Crippen LogP contribution in [0.5, 0.6) is 0 Å². The number of aryl methyl sites for hydroxylation is 1. The molecule has 0 unspecified atom stereocenters. The molecule has 2 aromatic heterocycles. The summed E-state index contributed by atoms with van der Waals surface area (Å²) in [5, 5.41) is 11.3. The highest BCUT2D eigenvalue weighted by atomic mass is 16.5. The predicted molar refractivity (Wildman–Crippen MR) is 75.9 cm³/mol. The highest BCUT2D eigenvalue weighted by Crippen LogP contribution is 2.17. The van der Waals surface area contributed by atoms with Crippen molar-refractivity contribution in [3.05, 3.63) is 35.9 Å². The Labute approximate surface area is 122 Å². The molecule has 3 rings (SSSR count). The highest BCUT2D eigenvalue weighted by molar-refractivity contribution is 5.92. The van der Waals surface area contributed by atoms with Gasteiger partial charge in [0.1, 0.15) is 5.69 Å². The molecule has 1 amide bonds. The monoisotopic (exact) mass is 289 g/mol. The average Bonchev–Trinajstić information content (AvgIpc) is 3.17. The molecule has 0 saturated heterocycles. The number of nitrogens with one attached hydrogen (secondary N) is 1. The fourth-order valence-corrected chi connectivity index (χ4v) is 2.50. The fourth-order valence-electron chi connectivity index (χ4n) is 2.50. The summed E-state index contributed by atoms with van der Waals surface area (Å²) in [6.45, 7) is 2.13. The molecule has 21 heavy (non-hydrogen) atoms. The molecular weight excluding hydrogens is 270 g/mol. The zero-order valence-corrected chi connectivity index (χ0v) is 12.0. The summed E-state index contributed by atoms with van der Waals surface area (Å²) in [5.74, 6) is -0.119. The first-order chi connectivity index (χ1) is 10.3. The van der Waals surface area contributed by atoms with E-state index in [9.17, 15) is 4.79 Å². The summed E-state index contributed by atoms with van der Waals surface area (Å²) in [7, 11) is 1.70. The van der Waals surface area contributed by atoms with E-state index in [4.69, 9.17) is 4.74 Å². The van der Waals surface area contributed by atoms with Crippen molar-refractivity contribution in [1.29, 1.82) is 0 Å². The van der Waals surface area contributed by atoms with Crippen LogP contribution in [0.3, 0.4) is 0 Å². The van der Waals surface area contributed by atoms with Gasteiger partial charge in [-0.05, 0) is 18.6 Å². The lowest BCUT2D eigenvalue weighted by Gasteiger charge is -2.05. The quantitative estimate of drug-likeness (QED) is 0.785. The molecule has 0 bridgehead atoms. The Morgan fingerprint density at radius 1 is 1.57 bits per heavy atom. The summed E-state index contributed by atoms with van der Waals surface area (Å²) >= 11 is 0. The lowest BCUT2D eigenvalue weighted by atomic mass is 10.2. The van der Waals surface area contributed by atoms with E-state index < -0.39 is 0 Å². The minimum atomic E-state index is -0.119. The third kappa shape index (κ3) is 3.13. The molecule has 1 aliphatic heterocycles. The largest absolute Gasteiger partial charge is 0.379 e. The molecule has 0 radical (unpaired) electrons. The summed E-state index contributed by atoms with van der Waals surface area (Å²) in [6, 6.07) is 3.74. The second-order valence-corrected chi connectivity index (χ2v) is 5.14. The lowest BCUT2D eigenvalue weighted by molar-refractivity contribution is 0.0935. The van der Waals surface area contributed by atoms with Crippen LogP contribution in [0.25, 0.3) is 0 Å². The fraction of sp³-hybridized carbons (Fsp3) is 0.500. The third-order valence-electron chi connectivity index (χ3n) is 3.65. The molecule has 0 fully saturated rings. The van der Waals surface area contributed by atoms with Crippen LogP contribution in [0, 0.1) is 0 Å². The SMILES string of the molecule is CO[C@H]1Cc2cc(C(=O)NCCCn3cccn3)nn2C1. The predicted octanol–water partition coefficient (Wildman–Crippen LogP) is 0.471. The number of nitrogens with zero attached hydrogens (tertiary/aromatic N) is 4. The van der Waals surface area contributed by atoms with Crippen molar-refractivity contribution in [3.63, 3.8) is 0 Å². The van der Waals surface area contributed by atoms with E-state index in [1.54, 1.807) is 13.3 Å². The maximum Gasteiger partial charge on any atom is 0.271 e. The van der Waals surface area contributed by atoms with Crippen LogP contribution >= 0.6 is 0 Å². The zero-order chi connectivity index (χ0) is 14.7. The van der Waals surface area contributed by atoms with Gasteiger partial charge in [0.2, 0.25) is 0 Å². The van der Waals surface area contributed by atoms with Crippen LogP contribution < -0.4 is 5.32 Å². The van der Waals surface area contributed by atoms with Crippen molar-refractivity contribution in [2.45, 2.75) is 32.0 Å². The van der Waals surface area contributed by atoms with Gasteiger partial charge < -0.3 is 10.1 Å². The molecule has 3 heterocycles. The smallest absolute Gasteiger partial charge is 0.271 e. The van der Waals surface area contributed by atoms with Gasteiger partial charge in [0.15, 0.2) is 0 Å². The van der Waals surface area contributed by atoms with Crippen molar-refractivity contribution in [3.8, 4) is 0 Å². The Morgan fingerprint density at radius 3 is 3.19 bits per heavy atom. The van der Waals surface area contributed by atoms with Gasteiger partial charge in [0.25, 0.3) is 5.91 Å². The molecule has 112 valence electrons. The number of aromatic nitrogens is 4. The van der Waals surface area contributed by atoms with Gasteiger partial charge in [-0.3, -0.25) is 14.2 Å². The molecular formula is C14H19N5O2. The Morgan fingerprint density at radius 2 is 2.48 bits per heavy atom. The van der Waals surface area contributed by atoms with Gasteiger partial charge in [-0.2, -0.15) is 10.2 Å². The van der Waals surface area contributed by atoms with Gasteiger partial charge in [0, 0.05) is 44.7 Å². The number of carbonyl (C=O) groups is 1. The van der Waals surface area contributed by atoms with E-state index in [0.29, 0.717) is 12.2 Å². The van der Waals surface area contributed by atoms with E-state index in [1.165, 1.54) is 0 Å². The van der Waals surface area contributed by atoms with Crippen molar-refractivity contribution >= 4 is 5.91 Å². The Kier molecular flexibility index (Phi) is 4.01. The van der Waals surface area contributed by atoms with Crippen molar-refractivity contribution in [1.82, 2.24) is 24.9 Å². The summed E-state index contributed by atoms with van der Waals surface area (Å²) in [4.78, 5) is 12.0. The zero-order valence-electron chi connectivity index (χ0n) is 12.0. The summed E-state index contributed by atoms with van der Waals surface area (Å²) in [6.07, 6.45) is 5.49. The first-order valence-electron chi connectivity index (χ1n) is 7.11. The number of rotatable bonds is 6. The molecule has 1 N–H and O–H groups in total. The average molecular weight is 289 g/mol. The van der Waals surface area contributed by atoms with Gasteiger partial charge in [0.05, 0.1) is 12.6 Å². The van der Waals surface area contributed by atoms with E-state index in [0.717, 1.165) is 31.6 Å². The molecule has 7 heteroatoms. The molecule has 1 atom stereocenters. The number of ether oxygens (including phenoxy) is 1. The number of hydrogen-bond donors (Lipinski definition) is 1. The van der Waals surface area contributed by atoms with E-state index >= 15 is 0 Å². The molecule has 1 aliphatic rings. The molecule has 0 aliphatic carbocycles. The minimum Gasteiger partial charge on any atom is -0.379 e. The van der Waals surface area contributed by atoms with Crippen LogP contribution in [-0.2, 0) is 24.2 Å². The molecule has 2 aromatic rings. The highest BCUT2D eigenvalue weighted by Gasteiger charge is 2.24. The van der Waals surface area contributed by atoms with Gasteiger partial charge in [-0.1, -0.05) is 0 Å². The number of fused-ring (bicyclic) bond motifs is 1. The van der Waals surface area contributed by atoms with E-state index in [1.807, 2.05) is 27.7 Å². The lowest BCUT2D eigenvalue weighted by Crippen LogP contribution is -2.26. The van der Waals surface area contributed by atoms with Crippen molar-refractivity contribution in [2.75, 3.05) is 13.7 Å². The third-order valence-corrected chi connectivity index (χ3v) is 3.65. The number of amides is 1. The number of hydrogen-bond acceptors (Lipinski definition) is 4. The van der Waals surface area contributed by atoms with Gasteiger partial charge in [-0.25, -0.2) is 0 Å². The van der Waals surface area contributed by atoms with Crippen LogP contribution in [0.2, 0.25) is 0 Å². The van der Waals surface area contributed by atoms with Crippen LogP contribution in [-0.4, -0.2) is 45.2 Å². The van der Waals surface area contributed by atoms with Gasteiger partial charge in [-0.15, -0.1) is 0 Å². The number of carbonyl (C=O) groups excluding carboxylic acids is 1. The molecule has 0 aromatic carbocycles. The normalized spacial score (nSPS) is 16.9. The topological polar surface area (TPSA) is 74.0 Å². The summed E-state index contributed by atoms with van der Waals surface area (Å²) in [5.41, 5.74) is 1.54. The molecule has 7 nitrogen and oxygen atoms in total. The molecule has 0 spiro atoms. The second-order valence-electron chi connectivity index (χ2n) is 5.14. The van der Waals surface area contributed by atoms with Crippen molar-refractivity contribution < 1.29 is 9.53 Å². The van der Waals surface area contributed by atoms with E-state index in [-0.39, 0.29) is 12.0 Å². The second kappa shape index (κ2) is 6.09. The van der Waals surface area contributed by atoms with Crippen molar-refractivity contribution in [2.24, 2.45) is 0 Å². The van der Waals surface area contributed by atoms with E-state index in [2.05, 4.69) is 15.5 Å². The molecule has 0 saturated carbocycles. The van der Waals surface area contributed by atoms with Gasteiger partial charge >= 0.3 is 0 Å². The van der Waals surface area contributed by atoms with Crippen LogP contribution in [0.1, 0.15) is 22.6 Å².